The lowest BCUT2D eigenvalue weighted by Crippen LogP contribution is -2.06. The highest BCUT2D eigenvalue weighted by Gasteiger charge is 2.15. The number of fused-ring (bicyclic) bond motifs is 3. The first-order valence-corrected chi connectivity index (χ1v) is 8.74. The number of carbonyl (C=O) groups excluding carboxylic acids is 1. The number of hydrogen-bond donors (Lipinski definition) is 3. The van der Waals surface area contributed by atoms with Crippen molar-refractivity contribution < 1.29 is 9.53 Å². The Hall–Kier alpha value is -3.54. The van der Waals surface area contributed by atoms with Crippen LogP contribution in [-0.2, 0) is 4.74 Å². The summed E-state index contributed by atoms with van der Waals surface area (Å²) in [7, 11) is 0. The number of benzene rings is 2. The molecule has 0 saturated carbocycles. The van der Waals surface area contributed by atoms with Gasteiger partial charge in [-0.25, -0.2) is 4.79 Å². The van der Waals surface area contributed by atoms with Crippen molar-refractivity contribution in [3.05, 3.63) is 70.1 Å². The Labute approximate surface area is 155 Å². The quantitative estimate of drug-likeness (QED) is 0.475. The Bertz CT molecular complexity index is 1220. The van der Waals surface area contributed by atoms with Crippen LogP contribution >= 0.6 is 0 Å². The van der Waals surface area contributed by atoms with Gasteiger partial charge in [0.25, 0.3) is 5.56 Å². The summed E-state index contributed by atoms with van der Waals surface area (Å²) in [4.78, 5) is 30.3. The van der Waals surface area contributed by atoms with E-state index < -0.39 is 0 Å². The molecule has 0 fully saturated rings. The number of aromatic nitrogens is 2. The first kappa shape index (κ1) is 16.9. The molecule has 0 aliphatic heterocycles. The number of aromatic amines is 2. The van der Waals surface area contributed by atoms with Gasteiger partial charge in [-0.2, -0.15) is 0 Å². The summed E-state index contributed by atoms with van der Waals surface area (Å²) in [5.41, 5.74) is 4.28. The van der Waals surface area contributed by atoms with Gasteiger partial charge in [-0.1, -0.05) is 12.1 Å². The smallest absolute Gasteiger partial charge is 0.338 e. The standard InChI is InChI=1S/C21H19N3O3/c1-3-27-21(26)13-7-8-16-15(10-13)18-17(11-22-20(25)19(18)24-16)23-14-6-4-5-12(2)9-14/h4-11,23-24H,3H2,1-2H3,(H,22,25). The fraction of sp³-hybridized carbons (Fsp3) is 0.143. The lowest BCUT2D eigenvalue weighted by Gasteiger charge is -2.09. The second-order valence-electron chi connectivity index (χ2n) is 6.38. The molecule has 6 nitrogen and oxygen atoms in total. The number of nitrogens with one attached hydrogen (secondary N) is 3. The maximum absolute atomic E-state index is 12.3. The molecule has 0 aliphatic rings. The molecule has 27 heavy (non-hydrogen) atoms. The Balaban J connectivity index is 1.92. The van der Waals surface area contributed by atoms with E-state index in [-0.39, 0.29) is 11.5 Å². The van der Waals surface area contributed by atoms with Gasteiger partial charge in [-0.05, 0) is 49.7 Å². The molecule has 4 aromatic rings. The van der Waals surface area contributed by atoms with Gasteiger partial charge in [0.2, 0.25) is 0 Å². The van der Waals surface area contributed by atoms with Crippen LogP contribution < -0.4 is 10.9 Å². The maximum Gasteiger partial charge on any atom is 0.338 e. The molecule has 0 atom stereocenters. The van der Waals surface area contributed by atoms with Crippen molar-refractivity contribution in [1.82, 2.24) is 9.97 Å². The molecule has 0 bridgehead atoms. The first-order chi connectivity index (χ1) is 13.1. The molecule has 2 aromatic carbocycles. The fourth-order valence-corrected chi connectivity index (χ4v) is 3.24. The molecule has 0 unspecified atom stereocenters. The molecular weight excluding hydrogens is 342 g/mol. The molecule has 2 aromatic heterocycles. The van der Waals surface area contributed by atoms with Crippen molar-refractivity contribution in [2.45, 2.75) is 13.8 Å². The van der Waals surface area contributed by atoms with Gasteiger partial charge in [0.1, 0.15) is 5.52 Å². The summed E-state index contributed by atoms with van der Waals surface area (Å²) in [5.74, 6) is -0.383. The molecule has 0 spiro atoms. The Morgan fingerprint density at radius 3 is 2.81 bits per heavy atom. The average Bonchev–Trinajstić information content (AvgIpc) is 3.04. The van der Waals surface area contributed by atoms with Crippen LogP contribution in [0.5, 0.6) is 0 Å². The summed E-state index contributed by atoms with van der Waals surface area (Å²) in [5, 5.41) is 4.89. The second-order valence-corrected chi connectivity index (χ2v) is 6.38. The number of carbonyl (C=O) groups is 1. The van der Waals surface area contributed by atoms with E-state index >= 15 is 0 Å². The SMILES string of the molecule is CCOC(=O)c1ccc2[nH]c3c(=O)[nH]cc(Nc4cccc(C)c4)c3c2c1. The van der Waals surface area contributed by atoms with Gasteiger partial charge in [-0.15, -0.1) is 0 Å². The van der Waals surface area contributed by atoms with E-state index in [0.29, 0.717) is 17.7 Å². The third-order valence-corrected chi connectivity index (χ3v) is 4.45. The minimum absolute atomic E-state index is 0.214. The van der Waals surface area contributed by atoms with Crippen molar-refractivity contribution >= 4 is 39.1 Å². The number of pyridine rings is 1. The van der Waals surface area contributed by atoms with Crippen LogP contribution in [0.15, 0.2) is 53.5 Å². The van der Waals surface area contributed by atoms with E-state index in [0.717, 1.165) is 33.2 Å². The van der Waals surface area contributed by atoms with Crippen LogP contribution in [0.4, 0.5) is 11.4 Å². The molecule has 3 N–H and O–H groups in total. The number of ether oxygens (including phenoxy) is 1. The van der Waals surface area contributed by atoms with Crippen LogP contribution in [0.2, 0.25) is 0 Å². The first-order valence-electron chi connectivity index (χ1n) is 8.74. The van der Waals surface area contributed by atoms with Crippen molar-refractivity contribution in [2.75, 3.05) is 11.9 Å². The van der Waals surface area contributed by atoms with E-state index in [4.69, 9.17) is 4.74 Å². The van der Waals surface area contributed by atoms with Crippen LogP contribution in [0, 0.1) is 6.92 Å². The number of hydrogen-bond acceptors (Lipinski definition) is 4. The lowest BCUT2D eigenvalue weighted by atomic mass is 10.1. The van der Waals surface area contributed by atoms with E-state index in [1.807, 2.05) is 31.2 Å². The molecule has 0 saturated heterocycles. The zero-order chi connectivity index (χ0) is 19.0. The minimum Gasteiger partial charge on any atom is -0.462 e. The number of rotatable bonds is 4. The largest absolute Gasteiger partial charge is 0.462 e. The highest BCUT2D eigenvalue weighted by molar-refractivity contribution is 6.14. The van der Waals surface area contributed by atoms with Crippen molar-refractivity contribution in [3.63, 3.8) is 0 Å². The monoisotopic (exact) mass is 361 g/mol. The third-order valence-electron chi connectivity index (χ3n) is 4.45. The predicted molar refractivity (Wildman–Crippen MR) is 107 cm³/mol. The minimum atomic E-state index is -0.383. The highest BCUT2D eigenvalue weighted by Crippen LogP contribution is 2.32. The van der Waals surface area contributed by atoms with Crippen molar-refractivity contribution in [2.24, 2.45) is 0 Å². The van der Waals surface area contributed by atoms with E-state index in [1.165, 1.54) is 0 Å². The van der Waals surface area contributed by atoms with Gasteiger partial charge in [0.05, 0.1) is 17.9 Å². The molecule has 2 heterocycles. The molecule has 4 rings (SSSR count). The van der Waals surface area contributed by atoms with Crippen LogP contribution in [0.3, 0.4) is 0 Å². The van der Waals surface area contributed by atoms with Crippen molar-refractivity contribution in [3.8, 4) is 0 Å². The topological polar surface area (TPSA) is 87.0 Å². The Morgan fingerprint density at radius 1 is 1.19 bits per heavy atom. The molecule has 0 amide bonds. The molecular formula is C21H19N3O3. The van der Waals surface area contributed by atoms with Crippen LogP contribution in [-0.4, -0.2) is 22.5 Å². The third kappa shape index (κ3) is 3.06. The normalized spacial score (nSPS) is 11.0. The van der Waals surface area contributed by atoms with Gasteiger partial charge in [0.15, 0.2) is 0 Å². The van der Waals surface area contributed by atoms with Gasteiger partial charge >= 0.3 is 5.97 Å². The maximum atomic E-state index is 12.3. The summed E-state index contributed by atoms with van der Waals surface area (Å²) in [6.07, 6.45) is 1.65. The summed E-state index contributed by atoms with van der Waals surface area (Å²) < 4.78 is 5.10. The molecule has 0 aliphatic carbocycles. The number of esters is 1. The summed E-state index contributed by atoms with van der Waals surface area (Å²) in [6, 6.07) is 13.2. The number of aryl methyl sites for hydroxylation is 1. The predicted octanol–water partition coefficient (Wildman–Crippen LogP) is 4.24. The number of anilines is 2. The zero-order valence-corrected chi connectivity index (χ0v) is 15.1. The van der Waals surface area contributed by atoms with Crippen molar-refractivity contribution in [1.29, 1.82) is 0 Å². The second kappa shape index (κ2) is 6.64. The molecule has 136 valence electrons. The average molecular weight is 361 g/mol. The summed E-state index contributed by atoms with van der Waals surface area (Å²) >= 11 is 0. The lowest BCUT2D eigenvalue weighted by molar-refractivity contribution is 0.0526. The van der Waals surface area contributed by atoms with Gasteiger partial charge in [-0.3, -0.25) is 4.79 Å². The highest BCUT2D eigenvalue weighted by atomic mass is 16.5. The van der Waals surface area contributed by atoms with Gasteiger partial charge < -0.3 is 20.0 Å². The zero-order valence-electron chi connectivity index (χ0n) is 15.1. The van der Waals surface area contributed by atoms with E-state index in [2.05, 4.69) is 15.3 Å². The van der Waals surface area contributed by atoms with Crippen LogP contribution in [0.25, 0.3) is 21.8 Å². The molecule has 6 heteroatoms. The van der Waals surface area contributed by atoms with Crippen LogP contribution in [0.1, 0.15) is 22.8 Å². The van der Waals surface area contributed by atoms with E-state index in [9.17, 15) is 9.59 Å². The van der Waals surface area contributed by atoms with Gasteiger partial charge in [0, 0.05) is 28.2 Å². The Morgan fingerprint density at radius 2 is 2.04 bits per heavy atom. The number of H-pyrrole nitrogens is 2. The fourth-order valence-electron chi connectivity index (χ4n) is 3.24. The Kier molecular flexibility index (Phi) is 4.16. The van der Waals surface area contributed by atoms with E-state index in [1.54, 1.807) is 31.3 Å². The molecule has 0 radical (unpaired) electrons. The summed E-state index contributed by atoms with van der Waals surface area (Å²) in [6.45, 7) is 4.10.